The maximum absolute atomic E-state index is 13.0. The van der Waals surface area contributed by atoms with Crippen LogP contribution < -0.4 is 5.32 Å². The minimum atomic E-state index is -0.188. The van der Waals surface area contributed by atoms with Crippen LogP contribution in [0.2, 0.25) is 0 Å². The van der Waals surface area contributed by atoms with Crippen LogP contribution in [0.4, 0.5) is 4.39 Å². The van der Waals surface area contributed by atoms with Gasteiger partial charge in [-0.05, 0) is 30.5 Å². The Morgan fingerprint density at radius 2 is 2.06 bits per heavy atom. The molecule has 0 aliphatic heterocycles. The van der Waals surface area contributed by atoms with Crippen molar-refractivity contribution in [3.05, 3.63) is 35.6 Å². The molecule has 0 amide bonds. The van der Waals surface area contributed by atoms with Gasteiger partial charge in [-0.15, -0.1) is 0 Å². The Bertz CT molecular complexity index is 328. The number of halogens is 1. The van der Waals surface area contributed by atoms with E-state index in [4.69, 9.17) is 4.74 Å². The summed E-state index contributed by atoms with van der Waals surface area (Å²) in [4.78, 5) is 0. The maximum atomic E-state index is 13.0. The Balaban J connectivity index is 2.23. The fourth-order valence-corrected chi connectivity index (χ4v) is 1.56. The molecular weight excluding hydrogens is 217 g/mol. The molecular formula is C14H22FNO. The van der Waals surface area contributed by atoms with Crippen molar-refractivity contribution in [3.8, 4) is 0 Å². The molecule has 0 bridgehead atoms. The summed E-state index contributed by atoms with van der Waals surface area (Å²) in [5.41, 5.74) is 0.967. The molecule has 0 radical (unpaired) electrons. The van der Waals surface area contributed by atoms with Crippen molar-refractivity contribution in [2.45, 2.75) is 26.8 Å². The second-order valence-corrected chi connectivity index (χ2v) is 4.70. The van der Waals surface area contributed by atoms with Crippen molar-refractivity contribution >= 4 is 0 Å². The van der Waals surface area contributed by atoms with Gasteiger partial charge in [0.05, 0.1) is 6.61 Å². The first-order chi connectivity index (χ1) is 8.09. The predicted octanol–water partition coefficient (Wildman–Crippen LogP) is 3.15. The highest BCUT2D eigenvalue weighted by Gasteiger charge is 2.04. The molecule has 0 fully saturated rings. The number of ether oxygens (including phenoxy) is 1. The third-order valence-corrected chi connectivity index (χ3v) is 2.50. The Morgan fingerprint density at radius 3 is 2.71 bits per heavy atom. The SMILES string of the molecule is CC(C)COCCN[C@H](C)c1cccc(F)c1. The second-order valence-electron chi connectivity index (χ2n) is 4.70. The van der Waals surface area contributed by atoms with Crippen molar-refractivity contribution in [2.24, 2.45) is 5.92 Å². The lowest BCUT2D eigenvalue weighted by Crippen LogP contribution is -2.24. The lowest BCUT2D eigenvalue weighted by atomic mass is 10.1. The first-order valence-electron chi connectivity index (χ1n) is 6.16. The third-order valence-electron chi connectivity index (χ3n) is 2.50. The van der Waals surface area contributed by atoms with Crippen LogP contribution in [0.3, 0.4) is 0 Å². The van der Waals surface area contributed by atoms with Crippen molar-refractivity contribution in [2.75, 3.05) is 19.8 Å². The first kappa shape index (κ1) is 14.1. The Morgan fingerprint density at radius 1 is 1.29 bits per heavy atom. The summed E-state index contributed by atoms with van der Waals surface area (Å²) in [7, 11) is 0. The van der Waals surface area contributed by atoms with Crippen LogP contribution in [0.25, 0.3) is 0 Å². The van der Waals surface area contributed by atoms with Crippen molar-refractivity contribution < 1.29 is 9.13 Å². The van der Waals surface area contributed by atoms with Gasteiger partial charge < -0.3 is 10.1 Å². The van der Waals surface area contributed by atoms with E-state index >= 15 is 0 Å². The van der Waals surface area contributed by atoms with Gasteiger partial charge >= 0.3 is 0 Å². The van der Waals surface area contributed by atoms with E-state index in [-0.39, 0.29) is 11.9 Å². The Kier molecular flexibility index (Phi) is 6.16. The summed E-state index contributed by atoms with van der Waals surface area (Å²) in [6.45, 7) is 8.54. The van der Waals surface area contributed by atoms with Crippen LogP contribution in [-0.2, 0) is 4.74 Å². The zero-order chi connectivity index (χ0) is 12.7. The molecule has 0 saturated heterocycles. The standard InChI is InChI=1S/C14H22FNO/c1-11(2)10-17-8-7-16-12(3)13-5-4-6-14(15)9-13/h4-6,9,11-12,16H,7-8,10H2,1-3H3/t12-/m1/s1. The highest BCUT2D eigenvalue weighted by Crippen LogP contribution is 2.12. The largest absolute Gasteiger partial charge is 0.380 e. The van der Waals surface area contributed by atoms with Crippen molar-refractivity contribution in [3.63, 3.8) is 0 Å². The van der Waals surface area contributed by atoms with E-state index in [1.54, 1.807) is 12.1 Å². The van der Waals surface area contributed by atoms with Gasteiger partial charge in [0.2, 0.25) is 0 Å². The molecule has 0 aliphatic rings. The normalized spacial score (nSPS) is 13.0. The molecule has 0 aromatic heterocycles. The number of benzene rings is 1. The lowest BCUT2D eigenvalue weighted by molar-refractivity contribution is 0.110. The zero-order valence-electron chi connectivity index (χ0n) is 10.9. The number of nitrogens with one attached hydrogen (secondary N) is 1. The third kappa shape index (κ3) is 5.80. The van der Waals surface area contributed by atoms with Gasteiger partial charge in [0, 0.05) is 19.2 Å². The van der Waals surface area contributed by atoms with Crippen LogP contribution in [0.15, 0.2) is 24.3 Å². The van der Waals surface area contributed by atoms with Crippen LogP contribution >= 0.6 is 0 Å². The Hall–Kier alpha value is -0.930. The summed E-state index contributed by atoms with van der Waals surface area (Å²) in [5, 5.41) is 3.31. The molecule has 1 N–H and O–H groups in total. The van der Waals surface area contributed by atoms with Gasteiger partial charge in [0.25, 0.3) is 0 Å². The smallest absolute Gasteiger partial charge is 0.123 e. The molecule has 0 aliphatic carbocycles. The summed E-state index contributed by atoms with van der Waals surface area (Å²) < 4.78 is 18.5. The molecule has 0 unspecified atom stereocenters. The summed E-state index contributed by atoms with van der Waals surface area (Å²) in [6.07, 6.45) is 0. The van der Waals surface area contributed by atoms with E-state index in [1.807, 2.05) is 13.0 Å². The van der Waals surface area contributed by atoms with Crippen molar-refractivity contribution in [1.29, 1.82) is 0 Å². The van der Waals surface area contributed by atoms with Gasteiger partial charge in [-0.2, -0.15) is 0 Å². The van der Waals surface area contributed by atoms with E-state index in [0.717, 1.165) is 18.7 Å². The van der Waals surface area contributed by atoms with Gasteiger partial charge in [0.15, 0.2) is 0 Å². The molecule has 0 saturated carbocycles. The molecule has 96 valence electrons. The molecule has 1 atom stereocenters. The van der Waals surface area contributed by atoms with E-state index in [0.29, 0.717) is 12.5 Å². The minimum Gasteiger partial charge on any atom is -0.380 e. The van der Waals surface area contributed by atoms with Crippen LogP contribution in [0, 0.1) is 11.7 Å². The van der Waals surface area contributed by atoms with Gasteiger partial charge in [0.1, 0.15) is 5.82 Å². The lowest BCUT2D eigenvalue weighted by Gasteiger charge is -2.14. The monoisotopic (exact) mass is 239 g/mol. The van der Waals surface area contributed by atoms with Crippen molar-refractivity contribution in [1.82, 2.24) is 5.32 Å². The van der Waals surface area contributed by atoms with E-state index in [9.17, 15) is 4.39 Å². The maximum Gasteiger partial charge on any atom is 0.123 e. The fourth-order valence-electron chi connectivity index (χ4n) is 1.56. The molecule has 2 nitrogen and oxygen atoms in total. The quantitative estimate of drug-likeness (QED) is 0.738. The van der Waals surface area contributed by atoms with Gasteiger partial charge in [-0.1, -0.05) is 26.0 Å². The molecule has 0 heterocycles. The van der Waals surface area contributed by atoms with Gasteiger partial charge in [-0.3, -0.25) is 0 Å². The number of rotatable bonds is 7. The topological polar surface area (TPSA) is 21.3 Å². The highest BCUT2D eigenvalue weighted by atomic mass is 19.1. The second kappa shape index (κ2) is 7.41. The summed E-state index contributed by atoms with van der Waals surface area (Å²) in [6, 6.07) is 6.83. The van der Waals surface area contributed by atoms with E-state index in [2.05, 4.69) is 19.2 Å². The first-order valence-corrected chi connectivity index (χ1v) is 6.16. The predicted molar refractivity (Wildman–Crippen MR) is 68.5 cm³/mol. The average molecular weight is 239 g/mol. The molecule has 17 heavy (non-hydrogen) atoms. The zero-order valence-corrected chi connectivity index (χ0v) is 10.9. The summed E-state index contributed by atoms with van der Waals surface area (Å²) >= 11 is 0. The molecule has 1 aromatic carbocycles. The van der Waals surface area contributed by atoms with Crippen LogP contribution in [0.5, 0.6) is 0 Å². The molecule has 3 heteroatoms. The minimum absolute atomic E-state index is 0.147. The van der Waals surface area contributed by atoms with Crippen LogP contribution in [-0.4, -0.2) is 19.8 Å². The van der Waals surface area contributed by atoms with E-state index < -0.39 is 0 Å². The summed E-state index contributed by atoms with van der Waals surface area (Å²) in [5.74, 6) is 0.378. The number of hydrogen-bond donors (Lipinski definition) is 1. The highest BCUT2D eigenvalue weighted by molar-refractivity contribution is 5.19. The molecule has 0 spiro atoms. The molecule has 1 aromatic rings. The fraction of sp³-hybridized carbons (Fsp3) is 0.571. The van der Waals surface area contributed by atoms with Crippen LogP contribution in [0.1, 0.15) is 32.4 Å². The van der Waals surface area contributed by atoms with E-state index in [1.165, 1.54) is 6.07 Å². The average Bonchev–Trinajstić information content (AvgIpc) is 2.28. The molecule has 1 rings (SSSR count). The Labute approximate surface area is 103 Å². The van der Waals surface area contributed by atoms with Gasteiger partial charge in [-0.25, -0.2) is 4.39 Å². The number of hydrogen-bond acceptors (Lipinski definition) is 2.